The molecule has 0 unspecified atom stereocenters. The zero-order valence-electron chi connectivity index (χ0n) is 13.5. The van der Waals surface area contributed by atoms with Gasteiger partial charge in [0.2, 0.25) is 11.8 Å². The number of halogens is 2. The molecule has 0 saturated carbocycles. The summed E-state index contributed by atoms with van der Waals surface area (Å²) >= 11 is 6.09. The SMILES string of the molecule is CC(=O)N(CCC(=O)Nc1cccc(F)c1)c1ccc(C)c(Cl)c1. The third kappa shape index (κ3) is 4.80. The van der Waals surface area contributed by atoms with Gasteiger partial charge < -0.3 is 10.2 Å². The van der Waals surface area contributed by atoms with Gasteiger partial charge in [-0.1, -0.05) is 23.7 Å². The van der Waals surface area contributed by atoms with Crippen LogP contribution in [0.2, 0.25) is 5.02 Å². The first kappa shape index (κ1) is 17.9. The fourth-order valence-corrected chi connectivity index (χ4v) is 2.40. The maximum atomic E-state index is 13.1. The van der Waals surface area contributed by atoms with E-state index < -0.39 is 5.82 Å². The summed E-state index contributed by atoms with van der Waals surface area (Å²) in [6.45, 7) is 3.50. The molecule has 0 atom stereocenters. The number of aryl methyl sites for hydroxylation is 1. The Morgan fingerprint density at radius 2 is 1.96 bits per heavy atom. The average molecular weight is 349 g/mol. The molecule has 2 amide bonds. The standard InChI is InChI=1S/C18H18ClFN2O2/c1-12-6-7-16(11-17(12)19)22(13(2)23)9-8-18(24)21-15-5-3-4-14(20)10-15/h3-7,10-11H,8-9H2,1-2H3,(H,21,24). The number of rotatable bonds is 5. The van der Waals surface area contributed by atoms with Gasteiger partial charge in [0, 0.05) is 36.3 Å². The van der Waals surface area contributed by atoms with Crippen LogP contribution in [0.25, 0.3) is 0 Å². The number of benzene rings is 2. The van der Waals surface area contributed by atoms with Crippen LogP contribution in [0.5, 0.6) is 0 Å². The van der Waals surface area contributed by atoms with Gasteiger partial charge in [0.25, 0.3) is 0 Å². The summed E-state index contributed by atoms with van der Waals surface area (Å²) < 4.78 is 13.1. The normalized spacial score (nSPS) is 10.3. The Morgan fingerprint density at radius 3 is 2.58 bits per heavy atom. The molecule has 0 aromatic heterocycles. The Balaban J connectivity index is 2.02. The number of carbonyl (C=O) groups is 2. The highest BCUT2D eigenvalue weighted by Crippen LogP contribution is 2.23. The van der Waals surface area contributed by atoms with Crippen LogP contribution in [-0.2, 0) is 9.59 Å². The lowest BCUT2D eigenvalue weighted by atomic mass is 10.2. The van der Waals surface area contributed by atoms with Gasteiger partial charge in [-0.25, -0.2) is 4.39 Å². The number of nitrogens with zero attached hydrogens (tertiary/aromatic N) is 1. The number of nitrogens with one attached hydrogen (secondary N) is 1. The number of anilines is 2. The van der Waals surface area contributed by atoms with Crippen molar-refractivity contribution in [2.24, 2.45) is 0 Å². The topological polar surface area (TPSA) is 49.4 Å². The largest absolute Gasteiger partial charge is 0.326 e. The van der Waals surface area contributed by atoms with Crippen molar-refractivity contribution < 1.29 is 14.0 Å². The molecule has 0 aliphatic rings. The van der Waals surface area contributed by atoms with Crippen LogP contribution in [0, 0.1) is 12.7 Å². The first-order valence-corrected chi connectivity index (χ1v) is 7.84. The van der Waals surface area contributed by atoms with Gasteiger partial charge in [0.05, 0.1) is 0 Å². The Morgan fingerprint density at radius 1 is 1.21 bits per heavy atom. The summed E-state index contributed by atoms with van der Waals surface area (Å²) in [5, 5.41) is 3.16. The Bertz CT molecular complexity index is 764. The summed E-state index contributed by atoms with van der Waals surface area (Å²) in [6.07, 6.45) is 0.0849. The van der Waals surface area contributed by atoms with E-state index >= 15 is 0 Å². The molecule has 0 bridgehead atoms. The number of hydrogen-bond acceptors (Lipinski definition) is 2. The average Bonchev–Trinajstić information content (AvgIpc) is 2.50. The smallest absolute Gasteiger partial charge is 0.226 e. The summed E-state index contributed by atoms with van der Waals surface area (Å²) in [5.74, 6) is -0.911. The monoisotopic (exact) mass is 348 g/mol. The predicted octanol–water partition coefficient (Wildman–Crippen LogP) is 4.17. The molecule has 24 heavy (non-hydrogen) atoms. The molecule has 0 saturated heterocycles. The minimum Gasteiger partial charge on any atom is -0.326 e. The predicted molar refractivity (Wildman–Crippen MR) is 93.9 cm³/mol. The summed E-state index contributed by atoms with van der Waals surface area (Å²) in [6, 6.07) is 11.0. The van der Waals surface area contributed by atoms with Gasteiger partial charge in [0.1, 0.15) is 5.82 Å². The van der Waals surface area contributed by atoms with Crippen LogP contribution in [-0.4, -0.2) is 18.4 Å². The molecule has 0 heterocycles. The van der Waals surface area contributed by atoms with Crippen LogP contribution in [0.4, 0.5) is 15.8 Å². The van der Waals surface area contributed by atoms with E-state index in [-0.39, 0.29) is 24.8 Å². The zero-order valence-corrected chi connectivity index (χ0v) is 14.2. The van der Waals surface area contributed by atoms with Crippen molar-refractivity contribution in [2.45, 2.75) is 20.3 Å². The molecule has 1 N–H and O–H groups in total. The molecule has 126 valence electrons. The zero-order chi connectivity index (χ0) is 17.7. The van der Waals surface area contributed by atoms with Crippen LogP contribution in [0.1, 0.15) is 18.9 Å². The van der Waals surface area contributed by atoms with Crippen LogP contribution < -0.4 is 10.2 Å². The van der Waals surface area contributed by atoms with E-state index in [1.165, 1.54) is 30.0 Å². The van der Waals surface area contributed by atoms with Gasteiger partial charge in [0.15, 0.2) is 0 Å². The molecular weight excluding hydrogens is 331 g/mol. The van der Waals surface area contributed by atoms with E-state index in [0.29, 0.717) is 16.4 Å². The molecule has 2 aromatic rings. The fourth-order valence-electron chi connectivity index (χ4n) is 2.22. The van der Waals surface area contributed by atoms with Gasteiger partial charge >= 0.3 is 0 Å². The molecular formula is C18H18ClFN2O2. The third-order valence-electron chi connectivity index (χ3n) is 3.52. The lowest BCUT2D eigenvalue weighted by Crippen LogP contribution is -2.32. The lowest BCUT2D eigenvalue weighted by molar-refractivity contribution is -0.117. The molecule has 2 aromatic carbocycles. The first-order chi connectivity index (χ1) is 11.4. The second kappa shape index (κ2) is 7.93. The highest BCUT2D eigenvalue weighted by atomic mass is 35.5. The van der Waals surface area contributed by atoms with Crippen molar-refractivity contribution in [2.75, 3.05) is 16.8 Å². The number of carbonyl (C=O) groups excluding carboxylic acids is 2. The van der Waals surface area contributed by atoms with Gasteiger partial charge in [-0.05, 0) is 42.8 Å². The van der Waals surface area contributed by atoms with Crippen LogP contribution >= 0.6 is 11.6 Å². The van der Waals surface area contributed by atoms with Crippen molar-refractivity contribution in [3.63, 3.8) is 0 Å². The van der Waals surface area contributed by atoms with E-state index in [1.54, 1.807) is 18.2 Å². The van der Waals surface area contributed by atoms with Crippen molar-refractivity contribution in [3.05, 3.63) is 58.9 Å². The van der Waals surface area contributed by atoms with Crippen molar-refractivity contribution in [1.29, 1.82) is 0 Å². The lowest BCUT2D eigenvalue weighted by Gasteiger charge is -2.21. The van der Waals surface area contributed by atoms with Crippen molar-refractivity contribution in [3.8, 4) is 0 Å². The second-order valence-electron chi connectivity index (χ2n) is 5.41. The minimum atomic E-state index is -0.424. The number of amides is 2. The van der Waals surface area contributed by atoms with Gasteiger partial charge in [-0.15, -0.1) is 0 Å². The van der Waals surface area contributed by atoms with E-state index in [2.05, 4.69) is 5.32 Å². The first-order valence-electron chi connectivity index (χ1n) is 7.46. The van der Waals surface area contributed by atoms with Gasteiger partial charge in [-0.2, -0.15) is 0 Å². The highest BCUT2D eigenvalue weighted by molar-refractivity contribution is 6.31. The molecule has 0 fully saturated rings. The van der Waals surface area contributed by atoms with Gasteiger partial charge in [-0.3, -0.25) is 9.59 Å². The van der Waals surface area contributed by atoms with Crippen molar-refractivity contribution in [1.82, 2.24) is 0 Å². The summed E-state index contributed by atoms with van der Waals surface area (Å²) in [5.41, 5.74) is 1.93. The molecule has 0 radical (unpaired) electrons. The molecule has 0 aliphatic heterocycles. The minimum absolute atomic E-state index is 0.0849. The van der Waals surface area contributed by atoms with E-state index in [0.717, 1.165) is 5.56 Å². The highest BCUT2D eigenvalue weighted by Gasteiger charge is 2.14. The Labute approximate surface area is 145 Å². The third-order valence-corrected chi connectivity index (χ3v) is 3.93. The molecule has 0 aliphatic carbocycles. The van der Waals surface area contributed by atoms with E-state index in [1.807, 2.05) is 13.0 Å². The number of hydrogen-bond donors (Lipinski definition) is 1. The summed E-state index contributed by atoms with van der Waals surface area (Å²) in [4.78, 5) is 25.3. The van der Waals surface area contributed by atoms with Crippen LogP contribution in [0.3, 0.4) is 0 Å². The quantitative estimate of drug-likeness (QED) is 0.881. The Hall–Kier alpha value is -2.40. The Kier molecular flexibility index (Phi) is 5.93. The molecule has 2 rings (SSSR count). The maximum Gasteiger partial charge on any atom is 0.226 e. The second-order valence-corrected chi connectivity index (χ2v) is 5.82. The van der Waals surface area contributed by atoms with Crippen molar-refractivity contribution >= 4 is 34.8 Å². The van der Waals surface area contributed by atoms with E-state index in [4.69, 9.17) is 11.6 Å². The summed E-state index contributed by atoms with van der Waals surface area (Å²) in [7, 11) is 0. The fraction of sp³-hybridized carbons (Fsp3) is 0.222. The molecule has 0 spiro atoms. The van der Waals surface area contributed by atoms with E-state index in [9.17, 15) is 14.0 Å². The maximum absolute atomic E-state index is 13.1. The van der Waals surface area contributed by atoms with Crippen LogP contribution in [0.15, 0.2) is 42.5 Å². The molecule has 4 nitrogen and oxygen atoms in total. The molecule has 6 heteroatoms.